The van der Waals surface area contributed by atoms with Crippen molar-refractivity contribution in [3.63, 3.8) is 0 Å². The molecule has 57 heavy (non-hydrogen) atoms. The van der Waals surface area contributed by atoms with Gasteiger partial charge < -0.3 is 9.80 Å². The zero-order valence-corrected chi connectivity index (χ0v) is 36.2. The molecule has 0 aliphatic carbocycles. The Kier molecular flexibility index (Phi) is 13.8. The van der Waals surface area contributed by atoms with E-state index in [1.807, 2.05) is 0 Å². The summed E-state index contributed by atoms with van der Waals surface area (Å²) in [4.78, 5) is 4.79. The third kappa shape index (κ3) is 9.23. The van der Waals surface area contributed by atoms with Crippen LogP contribution < -0.4 is 9.80 Å². The Balaban J connectivity index is 1.32. The van der Waals surface area contributed by atoms with Gasteiger partial charge in [-0.1, -0.05) is 135 Å². The second-order valence-electron chi connectivity index (χ2n) is 16.5. The van der Waals surface area contributed by atoms with Gasteiger partial charge in [-0.05, 0) is 168 Å². The molecule has 0 heterocycles. The summed E-state index contributed by atoms with van der Waals surface area (Å²) in [6, 6.07) is 55.0. The van der Waals surface area contributed by atoms with E-state index in [4.69, 9.17) is 0 Å². The molecule has 0 N–H and O–H groups in total. The van der Waals surface area contributed by atoms with Gasteiger partial charge in [0.15, 0.2) is 0 Å². The SMILES string of the molecule is CCC(C)c1ccc(N(c2ccc(-c3ccc(N(c4ccc(C(C)CC)cc4)c4ccc(C(C)(CC)CC)cc4)cc3)cc2)c2ccc(C(CC)CC)cc2)cc1. The van der Waals surface area contributed by atoms with Crippen LogP contribution in [0, 0.1) is 0 Å². The summed E-state index contributed by atoms with van der Waals surface area (Å²) >= 11 is 0. The number of hydrogen-bond acceptors (Lipinski definition) is 2. The summed E-state index contributed by atoms with van der Waals surface area (Å²) in [6.45, 7) is 20.7. The largest absolute Gasteiger partial charge is 0.311 e. The molecule has 0 radical (unpaired) electrons. The van der Waals surface area contributed by atoms with Crippen molar-refractivity contribution in [3.05, 3.63) is 168 Å². The Hall–Kier alpha value is -5.08. The normalized spacial score (nSPS) is 12.7. The molecule has 0 fully saturated rings. The van der Waals surface area contributed by atoms with E-state index in [0.717, 1.165) is 49.9 Å². The van der Waals surface area contributed by atoms with Crippen LogP contribution in [0.2, 0.25) is 0 Å². The smallest absolute Gasteiger partial charge is 0.0462 e. The molecule has 0 aromatic heterocycles. The Morgan fingerprint density at radius 2 is 0.649 bits per heavy atom. The summed E-state index contributed by atoms with van der Waals surface area (Å²) < 4.78 is 0. The van der Waals surface area contributed by atoms with Crippen molar-refractivity contribution in [2.75, 3.05) is 9.80 Å². The minimum Gasteiger partial charge on any atom is -0.311 e. The molecular weight excluding hydrogens is 689 g/mol. The minimum atomic E-state index is 0.186. The maximum atomic E-state index is 2.39. The van der Waals surface area contributed by atoms with E-state index in [-0.39, 0.29) is 5.41 Å². The third-order valence-electron chi connectivity index (χ3n) is 13.2. The summed E-state index contributed by atoms with van der Waals surface area (Å²) in [5.41, 5.74) is 15.2. The molecule has 0 saturated carbocycles. The second kappa shape index (κ2) is 18.9. The summed E-state index contributed by atoms with van der Waals surface area (Å²) in [5.74, 6) is 1.68. The van der Waals surface area contributed by atoms with Crippen molar-refractivity contribution in [3.8, 4) is 11.1 Å². The van der Waals surface area contributed by atoms with Crippen LogP contribution in [0.1, 0.15) is 141 Å². The van der Waals surface area contributed by atoms with E-state index in [2.05, 4.69) is 218 Å². The first-order valence-electron chi connectivity index (χ1n) is 21.9. The molecular formula is C55H66N2. The zero-order valence-electron chi connectivity index (χ0n) is 36.2. The van der Waals surface area contributed by atoms with Crippen LogP contribution >= 0.6 is 0 Å². The fourth-order valence-corrected chi connectivity index (χ4v) is 8.20. The van der Waals surface area contributed by atoms with Crippen LogP contribution in [0.5, 0.6) is 0 Å². The van der Waals surface area contributed by atoms with Crippen molar-refractivity contribution in [1.82, 2.24) is 0 Å². The number of rotatable bonds is 17. The predicted octanol–water partition coefficient (Wildman–Crippen LogP) is 17.3. The molecule has 2 atom stereocenters. The number of benzene rings is 6. The average molecular weight is 755 g/mol. The Morgan fingerprint density at radius 3 is 0.930 bits per heavy atom. The summed E-state index contributed by atoms with van der Waals surface area (Å²) in [7, 11) is 0. The van der Waals surface area contributed by atoms with Gasteiger partial charge in [0.05, 0.1) is 0 Å². The first-order chi connectivity index (χ1) is 27.7. The van der Waals surface area contributed by atoms with E-state index in [0.29, 0.717) is 17.8 Å². The molecule has 6 aromatic rings. The summed E-state index contributed by atoms with van der Waals surface area (Å²) in [5, 5.41) is 0. The van der Waals surface area contributed by atoms with Gasteiger partial charge in [0.2, 0.25) is 0 Å². The highest BCUT2D eigenvalue weighted by Gasteiger charge is 2.23. The first kappa shape index (κ1) is 41.6. The maximum Gasteiger partial charge on any atom is 0.0462 e. The fourth-order valence-electron chi connectivity index (χ4n) is 8.20. The van der Waals surface area contributed by atoms with Crippen LogP contribution in [0.3, 0.4) is 0 Å². The topological polar surface area (TPSA) is 6.48 Å². The molecule has 0 amide bonds. The van der Waals surface area contributed by atoms with Crippen molar-refractivity contribution in [2.45, 2.75) is 124 Å². The van der Waals surface area contributed by atoms with Crippen LogP contribution in [0.15, 0.2) is 146 Å². The average Bonchev–Trinajstić information content (AvgIpc) is 3.28. The standard InChI is InChI=1S/C55H66N2/c1-10-40(7)43-16-28-49(29-17-43)56(51-32-20-45(21-33-51)42(12-3)13-4)52-34-22-46(23-35-52)47-24-36-53(37-25-47)57(50-30-18-44(19-31-50)41(8)11-2)54-38-26-48(27-39-54)55(9,14-5)15-6/h16-42H,10-15H2,1-9H3. The number of nitrogens with zero attached hydrogens (tertiary/aromatic N) is 2. The highest BCUT2D eigenvalue weighted by molar-refractivity contribution is 5.81. The molecule has 6 aromatic carbocycles. The van der Waals surface area contributed by atoms with Crippen molar-refractivity contribution < 1.29 is 0 Å². The van der Waals surface area contributed by atoms with Crippen molar-refractivity contribution in [1.29, 1.82) is 0 Å². The third-order valence-corrected chi connectivity index (χ3v) is 13.2. The summed E-state index contributed by atoms with van der Waals surface area (Å²) in [6.07, 6.45) is 6.84. The van der Waals surface area contributed by atoms with Crippen molar-refractivity contribution in [2.24, 2.45) is 0 Å². The number of anilines is 6. The molecule has 2 heteroatoms. The van der Waals surface area contributed by atoms with Crippen LogP contribution in [-0.2, 0) is 5.41 Å². The lowest BCUT2D eigenvalue weighted by molar-refractivity contribution is 0.439. The molecule has 0 saturated heterocycles. The Labute approximate surface area is 345 Å². The quantitative estimate of drug-likeness (QED) is 0.0915. The molecule has 0 bridgehead atoms. The highest BCUT2D eigenvalue weighted by Crippen LogP contribution is 2.41. The fraction of sp³-hybridized carbons (Fsp3) is 0.345. The molecule has 0 aliphatic heterocycles. The molecule has 2 nitrogen and oxygen atoms in total. The van der Waals surface area contributed by atoms with Gasteiger partial charge in [0.25, 0.3) is 0 Å². The van der Waals surface area contributed by atoms with E-state index in [9.17, 15) is 0 Å². The highest BCUT2D eigenvalue weighted by atomic mass is 15.1. The van der Waals surface area contributed by atoms with Crippen LogP contribution in [-0.4, -0.2) is 0 Å². The number of hydrogen-bond donors (Lipinski definition) is 0. The predicted molar refractivity (Wildman–Crippen MR) is 250 cm³/mol. The molecule has 2 unspecified atom stereocenters. The Bertz CT molecular complexity index is 2100. The van der Waals surface area contributed by atoms with Crippen LogP contribution in [0.25, 0.3) is 11.1 Å². The minimum absolute atomic E-state index is 0.186. The molecule has 6 rings (SSSR count). The lowest BCUT2D eigenvalue weighted by Crippen LogP contribution is -2.19. The molecule has 0 spiro atoms. The van der Waals surface area contributed by atoms with Gasteiger partial charge in [0, 0.05) is 34.1 Å². The van der Waals surface area contributed by atoms with Gasteiger partial charge in [-0.15, -0.1) is 0 Å². The van der Waals surface area contributed by atoms with Gasteiger partial charge >= 0.3 is 0 Å². The van der Waals surface area contributed by atoms with E-state index < -0.39 is 0 Å². The maximum absolute atomic E-state index is 2.39. The van der Waals surface area contributed by atoms with Gasteiger partial charge in [-0.3, -0.25) is 0 Å². The van der Waals surface area contributed by atoms with E-state index in [1.54, 1.807) is 0 Å². The second-order valence-corrected chi connectivity index (χ2v) is 16.5. The van der Waals surface area contributed by atoms with E-state index in [1.165, 1.54) is 56.1 Å². The van der Waals surface area contributed by atoms with Gasteiger partial charge in [-0.25, -0.2) is 0 Å². The van der Waals surface area contributed by atoms with Gasteiger partial charge in [-0.2, -0.15) is 0 Å². The Morgan fingerprint density at radius 1 is 0.368 bits per heavy atom. The van der Waals surface area contributed by atoms with Crippen molar-refractivity contribution >= 4 is 34.1 Å². The lowest BCUT2D eigenvalue weighted by Gasteiger charge is -2.30. The van der Waals surface area contributed by atoms with Crippen LogP contribution in [0.4, 0.5) is 34.1 Å². The molecule has 0 aliphatic rings. The monoisotopic (exact) mass is 755 g/mol. The lowest BCUT2D eigenvalue weighted by atomic mass is 9.78. The molecule has 296 valence electrons. The van der Waals surface area contributed by atoms with Gasteiger partial charge in [0.1, 0.15) is 0 Å². The van der Waals surface area contributed by atoms with E-state index >= 15 is 0 Å². The zero-order chi connectivity index (χ0) is 40.5. The first-order valence-corrected chi connectivity index (χ1v) is 21.9.